The summed E-state index contributed by atoms with van der Waals surface area (Å²) in [5.41, 5.74) is 1.71. The van der Waals surface area contributed by atoms with Gasteiger partial charge in [-0.15, -0.1) is 0 Å². The highest BCUT2D eigenvalue weighted by atomic mass is 35.5. The van der Waals surface area contributed by atoms with E-state index in [0.717, 1.165) is 17.1 Å². The molecule has 0 saturated carbocycles. The molecule has 0 bridgehead atoms. The molecule has 12 heteroatoms. The SMILES string of the molecule is CC(Oc1ccc(Cl)cc1)c1ccnc2ncnn12.CC(Oc1ccc(F)cc1)c1ccnc2ncnn12. The molecule has 4 aromatic heterocycles. The minimum atomic E-state index is -0.289. The van der Waals surface area contributed by atoms with Crippen LogP contribution in [0.25, 0.3) is 11.6 Å². The molecule has 38 heavy (non-hydrogen) atoms. The fourth-order valence-electron chi connectivity index (χ4n) is 3.68. The third-order valence-corrected chi connectivity index (χ3v) is 5.76. The minimum Gasteiger partial charge on any atom is -0.484 e. The Morgan fingerprint density at radius 3 is 1.58 bits per heavy atom. The quantitative estimate of drug-likeness (QED) is 0.284. The molecule has 6 aromatic rings. The van der Waals surface area contributed by atoms with Crippen molar-refractivity contribution in [3.8, 4) is 11.5 Å². The summed E-state index contributed by atoms with van der Waals surface area (Å²) in [5, 5.41) is 8.92. The van der Waals surface area contributed by atoms with E-state index in [4.69, 9.17) is 21.1 Å². The predicted octanol–water partition coefficient (Wildman–Crippen LogP) is 5.32. The maximum atomic E-state index is 12.8. The first kappa shape index (κ1) is 25.0. The van der Waals surface area contributed by atoms with Crippen LogP contribution in [0.2, 0.25) is 5.02 Å². The Balaban J connectivity index is 0.000000155. The largest absolute Gasteiger partial charge is 0.484 e. The van der Waals surface area contributed by atoms with Crippen molar-refractivity contribution in [2.45, 2.75) is 26.1 Å². The van der Waals surface area contributed by atoms with Crippen LogP contribution in [-0.4, -0.2) is 39.2 Å². The molecule has 0 fully saturated rings. The van der Waals surface area contributed by atoms with E-state index in [9.17, 15) is 4.39 Å². The second kappa shape index (κ2) is 11.2. The van der Waals surface area contributed by atoms with E-state index in [1.807, 2.05) is 38.1 Å². The zero-order chi connectivity index (χ0) is 26.5. The molecule has 6 rings (SSSR count). The molecular weight excluding hydrogens is 511 g/mol. The van der Waals surface area contributed by atoms with E-state index in [1.165, 1.54) is 24.8 Å². The van der Waals surface area contributed by atoms with Crippen LogP contribution in [0, 0.1) is 5.82 Å². The summed E-state index contributed by atoms with van der Waals surface area (Å²) >= 11 is 5.84. The van der Waals surface area contributed by atoms with Crippen molar-refractivity contribution in [2.75, 3.05) is 0 Å². The number of hydrogen-bond donors (Lipinski definition) is 0. The molecule has 2 aromatic carbocycles. The van der Waals surface area contributed by atoms with Crippen molar-refractivity contribution in [1.82, 2.24) is 39.2 Å². The van der Waals surface area contributed by atoms with Crippen LogP contribution in [-0.2, 0) is 0 Å². The van der Waals surface area contributed by atoms with Gasteiger partial charge in [-0.3, -0.25) is 0 Å². The van der Waals surface area contributed by atoms with Gasteiger partial charge in [-0.05, 0) is 74.5 Å². The van der Waals surface area contributed by atoms with Crippen molar-refractivity contribution in [2.24, 2.45) is 0 Å². The van der Waals surface area contributed by atoms with Crippen LogP contribution in [0.5, 0.6) is 11.5 Å². The number of hydrogen-bond acceptors (Lipinski definition) is 8. The van der Waals surface area contributed by atoms with Crippen molar-refractivity contribution >= 4 is 23.2 Å². The van der Waals surface area contributed by atoms with Crippen molar-refractivity contribution in [3.63, 3.8) is 0 Å². The molecule has 0 amide bonds. The highest BCUT2D eigenvalue weighted by molar-refractivity contribution is 6.30. The maximum Gasteiger partial charge on any atom is 0.252 e. The molecule has 0 aliphatic heterocycles. The van der Waals surface area contributed by atoms with E-state index < -0.39 is 0 Å². The molecule has 2 atom stereocenters. The average Bonchev–Trinajstić information content (AvgIpc) is 3.61. The molecule has 10 nitrogen and oxygen atoms in total. The van der Waals surface area contributed by atoms with Gasteiger partial charge in [-0.1, -0.05) is 11.6 Å². The Morgan fingerprint density at radius 1 is 0.658 bits per heavy atom. The van der Waals surface area contributed by atoms with Gasteiger partial charge in [-0.25, -0.2) is 14.4 Å². The van der Waals surface area contributed by atoms with Gasteiger partial charge in [0.1, 0.15) is 42.2 Å². The zero-order valence-corrected chi connectivity index (χ0v) is 21.1. The Morgan fingerprint density at radius 2 is 1.11 bits per heavy atom. The van der Waals surface area contributed by atoms with Crippen molar-refractivity contribution < 1.29 is 13.9 Å². The van der Waals surface area contributed by atoms with Gasteiger partial charge >= 0.3 is 0 Å². The number of aromatic nitrogens is 8. The number of nitrogens with zero attached hydrogens (tertiary/aromatic N) is 8. The summed E-state index contributed by atoms with van der Waals surface area (Å²) in [6.45, 7) is 3.84. The molecule has 192 valence electrons. The van der Waals surface area contributed by atoms with Gasteiger partial charge in [0.2, 0.25) is 0 Å². The Labute approximate surface area is 221 Å². The molecule has 2 unspecified atom stereocenters. The first-order valence-corrected chi connectivity index (χ1v) is 12.0. The van der Waals surface area contributed by atoms with Crippen molar-refractivity contribution in [3.05, 3.63) is 108 Å². The van der Waals surface area contributed by atoms with E-state index in [-0.39, 0.29) is 18.0 Å². The summed E-state index contributed by atoms with van der Waals surface area (Å²) in [7, 11) is 0. The van der Waals surface area contributed by atoms with E-state index >= 15 is 0 Å². The number of fused-ring (bicyclic) bond motifs is 2. The van der Waals surface area contributed by atoms with Gasteiger partial charge in [0, 0.05) is 17.4 Å². The van der Waals surface area contributed by atoms with E-state index in [0.29, 0.717) is 22.3 Å². The molecule has 0 aliphatic carbocycles. The number of rotatable bonds is 6. The van der Waals surface area contributed by atoms with Crippen LogP contribution >= 0.6 is 11.6 Å². The molecular formula is C26H22ClFN8O2. The third-order valence-electron chi connectivity index (χ3n) is 5.51. The van der Waals surface area contributed by atoms with Gasteiger partial charge in [0.15, 0.2) is 0 Å². The average molecular weight is 533 g/mol. The lowest BCUT2D eigenvalue weighted by Crippen LogP contribution is -2.10. The minimum absolute atomic E-state index is 0.173. The summed E-state index contributed by atoms with van der Waals surface area (Å²) in [6, 6.07) is 16.8. The normalized spacial score (nSPS) is 12.5. The molecule has 4 heterocycles. The van der Waals surface area contributed by atoms with Gasteiger partial charge < -0.3 is 9.47 Å². The van der Waals surface area contributed by atoms with E-state index in [1.54, 1.807) is 45.7 Å². The lowest BCUT2D eigenvalue weighted by molar-refractivity contribution is 0.218. The number of benzene rings is 2. The first-order valence-electron chi connectivity index (χ1n) is 11.6. The lowest BCUT2D eigenvalue weighted by Gasteiger charge is -2.15. The fraction of sp³-hybridized carbons (Fsp3) is 0.154. The predicted molar refractivity (Wildman–Crippen MR) is 138 cm³/mol. The summed E-state index contributed by atoms with van der Waals surface area (Å²) in [5.74, 6) is 2.14. The van der Waals surface area contributed by atoms with Crippen molar-refractivity contribution in [1.29, 1.82) is 0 Å². The van der Waals surface area contributed by atoms with Gasteiger partial charge in [-0.2, -0.15) is 29.2 Å². The Bertz CT molecular complexity index is 1520. The molecule has 0 spiro atoms. The van der Waals surface area contributed by atoms with E-state index in [2.05, 4.69) is 30.1 Å². The second-order valence-electron chi connectivity index (χ2n) is 8.11. The third kappa shape index (κ3) is 5.68. The smallest absolute Gasteiger partial charge is 0.252 e. The zero-order valence-electron chi connectivity index (χ0n) is 20.4. The first-order chi connectivity index (χ1) is 18.5. The van der Waals surface area contributed by atoms with Crippen LogP contribution in [0.1, 0.15) is 37.4 Å². The number of ether oxygens (including phenoxy) is 2. The molecule has 0 radical (unpaired) electrons. The summed E-state index contributed by atoms with van der Waals surface area (Å²) in [6.07, 6.45) is 5.84. The maximum absolute atomic E-state index is 12.8. The highest BCUT2D eigenvalue weighted by Gasteiger charge is 2.14. The topological polar surface area (TPSA) is 105 Å². The summed E-state index contributed by atoms with van der Waals surface area (Å²) < 4.78 is 27.7. The molecule has 0 saturated heterocycles. The fourth-order valence-corrected chi connectivity index (χ4v) is 3.81. The standard InChI is InChI=1S/C13H11ClN4O.C13H11FN4O/c2*1-9(19-11-4-2-10(14)3-5-11)12-6-7-15-13-16-8-17-18(12)13/h2*2-9H,1H3. The van der Waals surface area contributed by atoms with Gasteiger partial charge in [0.25, 0.3) is 11.6 Å². The second-order valence-corrected chi connectivity index (χ2v) is 8.55. The monoisotopic (exact) mass is 532 g/mol. The lowest BCUT2D eigenvalue weighted by atomic mass is 10.2. The van der Waals surface area contributed by atoms with Crippen LogP contribution in [0.15, 0.2) is 85.7 Å². The summed E-state index contributed by atoms with van der Waals surface area (Å²) in [4.78, 5) is 16.3. The Hall–Kier alpha value is -4.64. The van der Waals surface area contributed by atoms with Gasteiger partial charge in [0.05, 0.1) is 11.4 Å². The van der Waals surface area contributed by atoms with Crippen LogP contribution in [0.4, 0.5) is 4.39 Å². The highest BCUT2D eigenvalue weighted by Crippen LogP contribution is 2.23. The Kier molecular flexibility index (Phi) is 7.36. The van der Waals surface area contributed by atoms with Crippen LogP contribution < -0.4 is 9.47 Å². The molecule has 0 N–H and O–H groups in total. The van der Waals surface area contributed by atoms with Crippen LogP contribution in [0.3, 0.4) is 0 Å². The number of halogens is 2. The molecule has 0 aliphatic rings.